The summed E-state index contributed by atoms with van der Waals surface area (Å²) in [7, 11) is -25.8. The minimum absolute atomic E-state index is 0. The van der Waals surface area contributed by atoms with Crippen molar-refractivity contribution < 1.29 is 195 Å². The second kappa shape index (κ2) is 42.5. The first-order chi connectivity index (χ1) is 10.0. The quantitative estimate of drug-likeness (QED) is 0.163. The minimum atomic E-state index is -5.17. The fourth-order valence-electron chi connectivity index (χ4n) is 0. The molecule has 0 atom stereocenters. The van der Waals surface area contributed by atoms with E-state index in [2.05, 4.69) is 0 Å². The van der Waals surface area contributed by atoms with Crippen molar-refractivity contribution in [3.63, 3.8) is 0 Å². The normalized spacial score (nSPS) is 8.29. The van der Waals surface area contributed by atoms with Crippen molar-refractivity contribution >= 4 is 52.0 Å². The van der Waals surface area contributed by atoms with Crippen molar-refractivity contribution in [2.75, 3.05) is 0 Å². The molecule has 0 unspecified atom stereocenters. The van der Waals surface area contributed by atoms with Gasteiger partial charge in [0.15, 0.2) is 0 Å². The van der Waals surface area contributed by atoms with Crippen LogP contribution in [-0.2, 0) is 154 Å². The molecule has 2 N–H and O–H groups in total. The van der Waals surface area contributed by atoms with Gasteiger partial charge in [-0.05, 0) is 0 Å². The van der Waals surface area contributed by atoms with Gasteiger partial charge in [-0.15, -0.1) is 0 Å². The molecule has 0 radical (unpaired) electrons. The van der Waals surface area contributed by atoms with E-state index in [1.807, 2.05) is 0 Å². The summed E-state index contributed by atoms with van der Waals surface area (Å²) in [6.07, 6.45) is 0. The second-order valence-corrected chi connectivity index (χ2v) is 6.12. The third-order valence-electron chi connectivity index (χ3n) is 0. The molecular formula is H2O26S5V4. The van der Waals surface area contributed by atoms with E-state index in [1.54, 1.807) is 0 Å². The molecule has 0 rings (SSSR count). The molecule has 35 heavy (non-hydrogen) atoms. The summed E-state index contributed by atoms with van der Waals surface area (Å²) < 4.78 is 170. The SMILES string of the molecule is O.O=S(=O)([O-])[O-].O=S(=O)([O-])[O-].O=S(=O)([O-])[O-].O=S(=O)([O-])[O-].O=S(=O)([O-])[O-].[O-2].[O-2].[O-2].[O-2].[O-2].[V+5].[V+5].[V+5].[V+5]. The van der Waals surface area contributed by atoms with E-state index in [9.17, 15) is 0 Å². The van der Waals surface area contributed by atoms with Crippen LogP contribution in [-0.4, -0.2) is 93.1 Å². The van der Waals surface area contributed by atoms with Crippen LogP contribution < -0.4 is 0 Å². The van der Waals surface area contributed by atoms with Gasteiger partial charge in [-0.2, -0.15) is 0 Å². The molecule has 0 aromatic carbocycles. The third kappa shape index (κ3) is 18900. The van der Waals surface area contributed by atoms with Crippen LogP contribution in [0.1, 0.15) is 0 Å². The molecule has 208 valence electrons. The van der Waals surface area contributed by atoms with E-state index in [1.165, 1.54) is 0 Å². The topological polar surface area (TPSA) is 575 Å². The zero-order valence-electron chi connectivity index (χ0n) is 14.5. The molecule has 0 aromatic rings. The Balaban J connectivity index is -0.0000000103. The molecule has 0 aromatic heterocycles. The minimum Gasteiger partial charge on any atom is -2.00 e. The van der Waals surface area contributed by atoms with Gasteiger partial charge in [0.2, 0.25) is 0 Å². The van der Waals surface area contributed by atoms with Crippen LogP contribution in [0.2, 0.25) is 0 Å². The molecule has 26 nitrogen and oxygen atoms in total. The summed E-state index contributed by atoms with van der Waals surface area (Å²) in [4.78, 5) is 0. The average Bonchev–Trinajstić information content (AvgIpc) is 1.79. The number of hydrogen-bond acceptors (Lipinski definition) is 20. The largest absolute Gasteiger partial charge is 5.00 e. The maximum atomic E-state index is 8.52. The van der Waals surface area contributed by atoms with Crippen molar-refractivity contribution in [1.82, 2.24) is 0 Å². The predicted molar refractivity (Wildman–Crippen MR) is 59.4 cm³/mol. The molecule has 35 heteroatoms. The van der Waals surface area contributed by atoms with Gasteiger partial charge in [-0.1, -0.05) is 0 Å². The Morgan fingerprint density at radius 1 is 0.257 bits per heavy atom. The molecule has 0 saturated heterocycles. The Hall–Kier alpha value is 1.45. The van der Waals surface area contributed by atoms with Crippen LogP contribution in [0.5, 0.6) is 0 Å². The molecule has 0 aliphatic carbocycles. The maximum Gasteiger partial charge on any atom is 5.00 e. The van der Waals surface area contributed by atoms with E-state index in [-0.39, 0.29) is 107 Å². The van der Waals surface area contributed by atoms with Crippen LogP contribution in [0, 0.1) is 0 Å². The summed E-state index contributed by atoms with van der Waals surface area (Å²) in [5.41, 5.74) is 0. The summed E-state index contributed by atoms with van der Waals surface area (Å²) in [5.74, 6) is 0. The van der Waals surface area contributed by atoms with Gasteiger partial charge in [-0.3, -0.25) is 42.1 Å². The Morgan fingerprint density at radius 2 is 0.257 bits per heavy atom. The predicted octanol–water partition coefficient (Wildman–Crippen LogP) is -8.12. The Kier molecular flexibility index (Phi) is 121. The molecular weight excluding hydrogens is 780 g/mol. The Labute approximate surface area is 244 Å². The summed E-state index contributed by atoms with van der Waals surface area (Å²) in [5, 5.41) is 0. The van der Waals surface area contributed by atoms with Crippen LogP contribution in [0.25, 0.3) is 0 Å². The van der Waals surface area contributed by atoms with Crippen LogP contribution >= 0.6 is 0 Å². The van der Waals surface area contributed by atoms with Crippen molar-refractivity contribution in [3.05, 3.63) is 0 Å². The maximum absolute atomic E-state index is 8.52. The van der Waals surface area contributed by atoms with Crippen LogP contribution in [0.15, 0.2) is 0 Å². The van der Waals surface area contributed by atoms with Crippen LogP contribution in [0.3, 0.4) is 0 Å². The second-order valence-electron chi connectivity index (χ2n) is 2.04. The summed E-state index contributed by atoms with van der Waals surface area (Å²) in [6.45, 7) is 0. The van der Waals surface area contributed by atoms with Gasteiger partial charge in [0, 0.05) is 52.0 Å². The van der Waals surface area contributed by atoms with Crippen molar-refractivity contribution in [2.24, 2.45) is 0 Å². The fraction of sp³-hybridized carbons (Fsp3) is 0. The molecule has 0 aliphatic heterocycles. The van der Waals surface area contributed by atoms with Gasteiger partial charge in [-0.25, -0.2) is 0 Å². The first-order valence-electron chi connectivity index (χ1n) is 3.33. The summed E-state index contributed by atoms with van der Waals surface area (Å²) >= 11 is 0. The molecule has 0 heterocycles. The Morgan fingerprint density at radius 3 is 0.257 bits per heavy atom. The molecule has 0 amide bonds. The van der Waals surface area contributed by atoms with Gasteiger partial charge in [0.05, 0.1) is 0 Å². The monoisotopic (exact) mass is 782 g/mol. The molecule has 0 spiro atoms. The van der Waals surface area contributed by atoms with Gasteiger partial charge in [0.1, 0.15) is 0 Å². The first-order valence-corrected chi connectivity index (χ1v) is 10.0. The molecule has 0 saturated carbocycles. The van der Waals surface area contributed by atoms with E-state index < -0.39 is 52.0 Å². The molecule has 0 bridgehead atoms. The number of rotatable bonds is 0. The standard InChI is InChI=1S/5H2O4S.H2O.5O.4V/c5*1-5(2,3)4;;;;;;;;;;/h5*(H2,1,2,3,4);1H2;;;;;;;;;/q;;;;;;5*-2;4*+5/p-10. The van der Waals surface area contributed by atoms with Gasteiger partial charge < -0.3 is 78.4 Å². The van der Waals surface area contributed by atoms with E-state index in [4.69, 9.17) is 87.6 Å². The third-order valence-corrected chi connectivity index (χ3v) is 0. The molecule has 0 fully saturated rings. The van der Waals surface area contributed by atoms with Crippen molar-refractivity contribution in [2.45, 2.75) is 0 Å². The van der Waals surface area contributed by atoms with Gasteiger partial charge >= 0.3 is 74.2 Å². The average molecular weight is 782 g/mol. The zero-order valence-corrected chi connectivity index (χ0v) is 24.2. The van der Waals surface area contributed by atoms with E-state index in [0.717, 1.165) is 0 Å². The zero-order chi connectivity index (χ0) is 22.5. The molecule has 0 aliphatic rings. The number of hydrogen-bond donors (Lipinski definition) is 0. The fourth-order valence-corrected chi connectivity index (χ4v) is 0. The first kappa shape index (κ1) is 99.6. The Bertz CT molecular complexity index is 628. The van der Waals surface area contributed by atoms with Crippen molar-refractivity contribution in [1.29, 1.82) is 0 Å². The van der Waals surface area contributed by atoms with E-state index in [0.29, 0.717) is 0 Å². The van der Waals surface area contributed by atoms with E-state index >= 15 is 0 Å². The van der Waals surface area contributed by atoms with Crippen LogP contribution in [0.4, 0.5) is 0 Å². The van der Waals surface area contributed by atoms with Crippen molar-refractivity contribution in [3.8, 4) is 0 Å². The smallest absolute Gasteiger partial charge is 2.00 e. The van der Waals surface area contributed by atoms with Gasteiger partial charge in [0.25, 0.3) is 0 Å². The summed E-state index contributed by atoms with van der Waals surface area (Å²) in [6, 6.07) is 0.